The normalized spacial score (nSPS) is 15.4. The van der Waals surface area contributed by atoms with Crippen LogP contribution in [-0.2, 0) is 0 Å². The average Bonchev–Trinajstić information content (AvgIpc) is 3.45. The molecule has 1 fully saturated rings. The highest BCUT2D eigenvalue weighted by molar-refractivity contribution is 7.21. The number of thiazole rings is 1. The summed E-state index contributed by atoms with van der Waals surface area (Å²) in [6.07, 6.45) is 6.50. The first kappa shape index (κ1) is 18.5. The van der Waals surface area contributed by atoms with E-state index in [9.17, 15) is 4.79 Å². The molecule has 0 aromatic carbocycles. The van der Waals surface area contributed by atoms with Gasteiger partial charge in [0.1, 0.15) is 4.83 Å². The molecule has 29 heavy (non-hydrogen) atoms. The van der Waals surface area contributed by atoms with E-state index in [1.54, 1.807) is 23.7 Å². The molecule has 4 aromatic rings. The molecule has 5 rings (SSSR count). The number of piperazine rings is 1. The zero-order valence-electron chi connectivity index (χ0n) is 15.8. The lowest BCUT2D eigenvalue weighted by Gasteiger charge is -2.34. The molecule has 1 N–H and O–H groups in total. The van der Waals surface area contributed by atoms with Crippen LogP contribution in [0.15, 0.2) is 36.1 Å². The van der Waals surface area contributed by atoms with Crippen molar-refractivity contribution in [3.05, 3.63) is 41.0 Å². The number of imidazole rings is 1. The van der Waals surface area contributed by atoms with Gasteiger partial charge in [-0.25, -0.2) is 15.0 Å². The summed E-state index contributed by atoms with van der Waals surface area (Å²) in [6, 6.07) is 3.78. The maximum absolute atomic E-state index is 12.5. The van der Waals surface area contributed by atoms with E-state index in [1.807, 2.05) is 28.1 Å². The van der Waals surface area contributed by atoms with E-state index >= 15 is 0 Å². The molecular weight excluding hydrogens is 406 g/mol. The molecule has 150 valence electrons. The monoisotopic (exact) mass is 427 g/mol. The summed E-state index contributed by atoms with van der Waals surface area (Å²) in [4.78, 5) is 32.9. The number of anilines is 1. The molecule has 0 bridgehead atoms. The lowest BCUT2D eigenvalue weighted by molar-refractivity contribution is 0.0955. The highest BCUT2D eigenvalue weighted by atomic mass is 32.1. The fraction of sp³-hybridized carbons (Fsp3) is 0.368. The van der Waals surface area contributed by atoms with Gasteiger partial charge in [-0.2, -0.15) is 0 Å². The highest BCUT2D eigenvalue weighted by Crippen LogP contribution is 2.28. The molecule has 0 aliphatic carbocycles. The van der Waals surface area contributed by atoms with Crippen molar-refractivity contribution in [1.82, 2.24) is 29.6 Å². The summed E-state index contributed by atoms with van der Waals surface area (Å²) >= 11 is 3.06. The van der Waals surface area contributed by atoms with Gasteiger partial charge in [0.05, 0.1) is 10.4 Å². The molecule has 1 saturated heterocycles. The third-order valence-corrected chi connectivity index (χ3v) is 6.88. The predicted molar refractivity (Wildman–Crippen MR) is 116 cm³/mol. The fourth-order valence-electron chi connectivity index (χ4n) is 3.58. The Hall–Kier alpha value is -2.56. The first-order valence-electron chi connectivity index (χ1n) is 9.65. The number of carbonyl (C=O) groups excluding carboxylic acids is 1. The van der Waals surface area contributed by atoms with Crippen molar-refractivity contribution in [3.63, 3.8) is 0 Å². The van der Waals surface area contributed by atoms with Crippen molar-refractivity contribution in [2.24, 2.45) is 0 Å². The maximum atomic E-state index is 12.5. The number of thiophene rings is 1. The van der Waals surface area contributed by atoms with E-state index in [0.717, 1.165) is 65.3 Å². The second-order valence-corrected chi connectivity index (χ2v) is 8.86. The van der Waals surface area contributed by atoms with Crippen molar-refractivity contribution < 1.29 is 4.79 Å². The molecule has 0 atom stereocenters. The molecule has 0 radical (unpaired) electrons. The minimum Gasteiger partial charge on any atom is -0.351 e. The Kier molecular flexibility index (Phi) is 5.13. The second kappa shape index (κ2) is 8.05. The minimum atomic E-state index is -0.0111. The fourth-order valence-corrected chi connectivity index (χ4v) is 5.29. The van der Waals surface area contributed by atoms with Crippen LogP contribution in [0.2, 0.25) is 0 Å². The predicted octanol–water partition coefficient (Wildman–Crippen LogP) is 2.34. The largest absolute Gasteiger partial charge is 0.351 e. The SMILES string of the molecule is O=C(NCCCN1CCN(c2ncccn2)CC1)c1cc2c(nc3sccn32)s1. The van der Waals surface area contributed by atoms with Crippen LogP contribution in [0.3, 0.4) is 0 Å². The molecule has 5 heterocycles. The lowest BCUT2D eigenvalue weighted by Crippen LogP contribution is -2.47. The van der Waals surface area contributed by atoms with Crippen molar-refractivity contribution in [2.45, 2.75) is 6.42 Å². The second-order valence-electron chi connectivity index (χ2n) is 6.96. The van der Waals surface area contributed by atoms with Crippen molar-refractivity contribution in [2.75, 3.05) is 44.2 Å². The van der Waals surface area contributed by atoms with Crippen LogP contribution in [0, 0.1) is 0 Å². The smallest absolute Gasteiger partial charge is 0.261 e. The Morgan fingerprint density at radius 3 is 2.83 bits per heavy atom. The van der Waals surface area contributed by atoms with Crippen LogP contribution < -0.4 is 10.2 Å². The number of carbonyl (C=O) groups is 1. The zero-order chi connectivity index (χ0) is 19.6. The number of hydrogen-bond acceptors (Lipinski definition) is 8. The standard InChI is InChI=1S/C19H21N7OS2/c27-16(15-13-14-17(29-15)23-19-26(14)11-12-28-19)20-5-2-6-24-7-9-25(10-8-24)18-21-3-1-4-22-18/h1,3-4,11-13H,2,5-10H2,(H,20,27). The molecular formula is C19H21N7OS2. The molecule has 0 spiro atoms. The summed E-state index contributed by atoms with van der Waals surface area (Å²) < 4.78 is 2.04. The number of nitrogens with one attached hydrogen (secondary N) is 1. The lowest BCUT2D eigenvalue weighted by atomic mass is 10.3. The van der Waals surface area contributed by atoms with Gasteiger partial charge in [-0.1, -0.05) is 0 Å². The number of nitrogens with zero attached hydrogens (tertiary/aromatic N) is 6. The molecule has 1 aliphatic heterocycles. The topological polar surface area (TPSA) is 78.7 Å². The van der Waals surface area contributed by atoms with Gasteiger partial charge in [-0.15, -0.1) is 22.7 Å². The third kappa shape index (κ3) is 3.83. The van der Waals surface area contributed by atoms with Gasteiger partial charge in [-0.3, -0.25) is 14.1 Å². The number of amides is 1. The van der Waals surface area contributed by atoms with Gasteiger partial charge in [0.25, 0.3) is 5.91 Å². The van der Waals surface area contributed by atoms with E-state index in [1.165, 1.54) is 11.3 Å². The summed E-state index contributed by atoms with van der Waals surface area (Å²) in [6.45, 7) is 5.51. The van der Waals surface area contributed by atoms with E-state index in [-0.39, 0.29) is 5.91 Å². The van der Waals surface area contributed by atoms with E-state index in [0.29, 0.717) is 6.54 Å². The molecule has 10 heteroatoms. The Morgan fingerprint density at radius 2 is 2.00 bits per heavy atom. The highest BCUT2D eigenvalue weighted by Gasteiger charge is 2.19. The van der Waals surface area contributed by atoms with Crippen LogP contribution in [-0.4, -0.2) is 69.4 Å². The summed E-state index contributed by atoms with van der Waals surface area (Å²) in [5, 5.41) is 5.05. The van der Waals surface area contributed by atoms with Crippen LogP contribution in [0.4, 0.5) is 5.95 Å². The summed E-state index contributed by atoms with van der Waals surface area (Å²) in [7, 11) is 0. The van der Waals surface area contributed by atoms with E-state index in [4.69, 9.17) is 0 Å². The molecule has 0 unspecified atom stereocenters. The number of aromatic nitrogens is 4. The van der Waals surface area contributed by atoms with Gasteiger partial charge in [0.15, 0.2) is 4.96 Å². The summed E-state index contributed by atoms with van der Waals surface area (Å²) in [5.74, 6) is 0.796. The van der Waals surface area contributed by atoms with Crippen LogP contribution in [0.25, 0.3) is 15.3 Å². The van der Waals surface area contributed by atoms with Crippen molar-refractivity contribution in [3.8, 4) is 0 Å². The zero-order valence-corrected chi connectivity index (χ0v) is 17.5. The Morgan fingerprint density at radius 1 is 1.17 bits per heavy atom. The third-order valence-electron chi connectivity index (χ3n) is 5.11. The van der Waals surface area contributed by atoms with Gasteiger partial charge < -0.3 is 10.2 Å². The number of hydrogen-bond donors (Lipinski definition) is 1. The number of fused-ring (bicyclic) bond motifs is 3. The first-order chi connectivity index (χ1) is 14.3. The van der Waals surface area contributed by atoms with Gasteiger partial charge in [0.2, 0.25) is 5.95 Å². The average molecular weight is 428 g/mol. The van der Waals surface area contributed by atoms with Crippen molar-refractivity contribution >= 4 is 49.8 Å². The molecule has 1 aliphatic rings. The molecule has 4 aromatic heterocycles. The molecule has 0 saturated carbocycles. The van der Waals surface area contributed by atoms with E-state index < -0.39 is 0 Å². The van der Waals surface area contributed by atoms with Gasteiger partial charge >= 0.3 is 0 Å². The van der Waals surface area contributed by atoms with E-state index in [2.05, 4.69) is 30.1 Å². The Balaban J connectivity index is 1.07. The van der Waals surface area contributed by atoms with Crippen LogP contribution in [0.1, 0.15) is 16.1 Å². The molecule has 1 amide bonds. The van der Waals surface area contributed by atoms with Gasteiger partial charge in [0, 0.05) is 56.7 Å². The minimum absolute atomic E-state index is 0.0111. The first-order valence-corrected chi connectivity index (χ1v) is 11.4. The van der Waals surface area contributed by atoms with Crippen LogP contribution in [0.5, 0.6) is 0 Å². The summed E-state index contributed by atoms with van der Waals surface area (Å²) in [5.41, 5.74) is 1.01. The molecule has 8 nitrogen and oxygen atoms in total. The van der Waals surface area contributed by atoms with Crippen LogP contribution >= 0.6 is 22.7 Å². The Bertz CT molecular complexity index is 1110. The van der Waals surface area contributed by atoms with Gasteiger partial charge in [-0.05, 0) is 25.1 Å². The Labute approximate surface area is 175 Å². The maximum Gasteiger partial charge on any atom is 0.261 e. The quantitative estimate of drug-likeness (QED) is 0.476. The van der Waals surface area contributed by atoms with Crippen molar-refractivity contribution in [1.29, 1.82) is 0 Å². The number of rotatable bonds is 6.